The van der Waals surface area contributed by atoms with Crippen molar-refractivity contribution in [1.82, 2.24) is 29.5 Å². The van der Waals surface area contributed by atoms with Crippen molar-refractivity contribution >= 4 is 23.3 Å². The van der Waals surface area contributed by atoms with E-state index in [-0.39, 0.29) is 17.2 Å². The van der Waals surface area contributed by atoms with Crippen molar-refractivity contribution in [2.24, 2.45) is 5.92 Å². The second kappa shape index (κ2) is 11.6. The minimum atomic E-state index is -0.632. The molecule has 5 aliphatic rings. The molecule has 4 aliphatic heterocycles. The van der Waals surface area contributed by atoms with Crippen molar-refractivity contribution in [2.75, 3.05) is 45.2 Å². The van der Waals surface area contributed by atoms with Gasteiger partial charge < -0.3 is 24.4 Å². The van der Waals surface area contributed by atoms with Crippen LogP contribution in [0.3, 0.4) is 0 Å². The van der Waals surface area contributed by atoms with Crippen LogP contribution in [0.25, 0.3) is 0 Å². The first kappa shape index (κ1) is 30.9. The lowest BCUT2D eigenvalue weighted by molar-refractivity contribution is -0.0856. The van der Waals surface area contributed by atoms with E-state index in [0.717, 1.165) is 98.6 Å². The molecule has 1 unspecified atom stereocenters. The molecule has 0 saturated carbocycles. The van der Waals surface area contributed by atoms with Gasteiger partial charge in [-0.05, 0) is 86.7 Å². The van der Waals surface area contributed by atoms with E-state index >= 15 is 0 Å². The first-order valence-electron chi connectivity index (χ1n) is 17.1. The summed E-state index contributed by atoms with van der Waals surface area (Å²) in [6.07, 6.45) is 7.47. The Balaban J connectivity index is 1.17. The first-order chi connectivity index (χ1) is 22.6. The molecule has 11 nitrogen and oxygen atoms in total. The van der Waals surface area contributed by atoms with Gasteiger partial charge in [0.15, 0.2) is 5.69 Å². The highest BCUT2D eigenvalue weighted by Crippen LogP contribution is 2.49. The van der Waals surface area contributed by atoms with Crippen LogP contribution >= 0.6 is 11.6 Å². The van der Waals surface area contributed by atoms with E-state index in [9.17, 15) is 9.90 Å². The van der Waals surface area contributed by atoms with Gasteiger partial charge in [0.05, 0.1) is 35.7 Å². The lowest BCUT2D eigenvalue weighted by Gasteiger charge is -2.43. The maximum absolute atomic E-state index is 12.7. The summed E-state index contributed by atoms with van der Waals surface area (Å²) >= 11 is 6.65. The standard InChI is InChI=1S/C35H44ClN7O4/c1-22-16-34(8-5-11-42(34)18-22)21-46-33-37-30-17-35(9-4-7-25-27(35)14-24(44)15-28(25)36)47-20-26(30)31(38-33)41-10-6-12-43-23(19-41)13-29(39-43)32(45)40(2)3/h13-15,22,44H,4-12,16-21H2,1-3H3/t22-,34+,35?/m1/s1. The molecule has 2 fully saturated rings. The molecule has 8 rings (SSSR count). The molecule has 3 aromatic rings. The van der Waals surface area contributed by atoms with Crippen molar-refractivity contribution in [1.29, 1.82) is 0 Å². The van der Waals surface area contributed by atoms with E-state index < -0.39 is 5.60 Å². The quantitative estimate of drug-likeness (QED) is 0.416. The van der Waals surface area contributed by atoms with Gasteiger partial charge in [-0.3, -0.25) is 14.4 Å². The number of aromatic nitrogens is 4. The topological polar surface area (TPSA) is 109 Å². The summed E-state index contributed by atoms with van der Waals surface area (Å²) in [4.78, 5) is 29.4. The highest BCUT2D eigenvalue weighted by molar-refractivity contribution is 6.31. The zero-order valence-electron chi connectivity index (χ0n) is 27.6. The summed E-state index contributed by atoms with van der Waals surface area (Å²) in [6, 6.07) is 5.76. The molecule has 1 amide bonds. The molecule has 250 valence electrons. The van der Waals surface area contributed by atoms with Gasteiger partial charge in [0.1, 0.15) is 18.2 Å². The molecular formula is C35H44ClN7O4. The minimum absolute atomic E-state index is 0.0459. The van der Waals surface area contributed by atoms with Crippen molar-refractivity contribution in [2.45, 2.75) is 89.1 Å². The van der Waals surface area contributed by atoms with Crippen LogP contribution in [0.2, 0.25) is 5.02 Å². The van der Waals surface area contributed by atoms with Crippen molar-refractivity contribution in [3.05, 3.63) is 57.0 Å². The summed E-state index contributed by atoms with van der Waals surface area (Å²) in [5.74, 6) is 1.51. The number of phenols is 1. The number of halogens is 1. The normalized spacial score (nSPS) is 26.8. The SMILES string of the molecule is C[C@H]1CN2CCC[C@@]2(COc2nc3c(c(N4CCCn5nc(C(=O)N(C)C)cc5C4)n2)COC2(CCCc4c(Cl)cc(O)cc42)C3)C1. The number of fused-ring (bicyclic) bond motifs is 5. The number of carbonyl (C=O) groups is 1. The fourth-order valence-corrected chi connectivity index (χ4v) is 9.25. The van der Waals surface area contributed by atoms with Crippen LogP contribution in [0, 0.1) is 5.92 Å². The van der Waals surface area contributed by atoms with Crippen LogP contribution in [0.15, 0.2) is 18.2 Å². The Bertz CT molecular complexity index is 1730. The fraction of sp³-hybridized carbons (Fsp3) is 0.600. The third-order valence-corrected chi connectivity index (χ3v) is 11.4. The number of nitrogens with zero attached hydrogens (tertiary/aromatic N) is 7. The average molecular weight is 662 g/mol. The van der Waals surface area contributed by atoms with E-state index in [1.807, 2.05) is 16.8 Å². The highest BCUT2D eigenvalue weighted by atomic mass is 35.5. The number of amides is 1. The molecule has 1 spiro atoms. The van der Waals surface area contributed by atoms with Crippen molar-refractivity contribution in [3.63, 3.8) is 0 Å². The molecule has 1 aromatic carbocycles. The second-order valence-electron chi connectivity index (χ2n) is 14.6. The van der Waals surface area contributed by atoms with Crippen LogP contribution in [0.5, 0.6) is 11.8 Å². The van der Waals surface area contributed by atoms with Crippen LogP contribution < -0.4 is 9.64 Å². The zero-order chi connectivity index (χ0) is 32.5. The predicted molar refractivity (Wildman–Crippen MR) is 177 cm³/mol. The first-order valence-corrected chi connectivity index (χ1v) is 17.5. The Kier molecular flexibility index (Phi) is 7.64. The van der Waals surface area contributed by atoms with E-state index in [4.69, 9.17) is 31.0 Å². The summed E-state index contributed by atoms with van der Waals surface area (Å²) in [7, 11) is 3.49. The number of ether oxygens (including phenoxy) is 2. The average Bonchev–Trinajstić information content (AvgIpc) is 3.66. The third-order valence-electron chi connectivity index (χ3n) is 11.1. The van der Waals surface area contributed by atoms with Gasteiger partial charge in [0.2, 0.25) is 0 Å². The van der Waals surface area contributed by atoms with Crippen LogP contribution in [0.4, 0.5) is 5.82 Å². The number of aromatic hydroxyl groups is 1. The number of aryl methyl sites for hydroxylation is 1. The van der Waals surface area contributed by atoms with Gasteiger partial charge in [-0.2, -0.15) is 15.1 Å². The van der Waals surface area contributed by atoms with Gasteiger partial charge in [-0.25, -0.2) is 0 Å². The van der Waals surface area contributed by atoms with E-state index in [0.29, 0.717) is 48.8 Å². The number of carbonyl (C=O) groups excluding carboxylic acids is 1. The third kappa shape index (κ3) is 5.34. The maximum Gasteiger partial charge on any atom is 0.318 e. The lowest BCUT2D eigenvalue weighted by atomic mass is 9.74. The summed E-state index contributed by atoms with van der Waals surface area (Å²) < 4.78 is 15.4. The monoisotopic (exact) mass is 661 g/mol. The molecule has 6 heterocycles. The number of phenolic OH excluding ortho intramolecular Hbond substituents is 1. The molecule has 0 radical (unpaired) electrons. The Labute approximate surface area is 280 Å². The van der Waals surface area contributed by atoms with E-state index in [1.54, 1.807) is 25.1 Å². The molecule has 2 aromatic heterocycles. The number of anilines is 1. The minimum Gasteiger partial charge on any atom is -0.508 e. The number of hydrogen-bond donors (Lipinski definition) is 1. The molecule has 47 heavy (non-hydrogen) atoms. The second-order valence-corrected chi connectivity index (χ2v) is 15.0. The summed E-state index contributed by atoms with van der Waals surface area (Å²) in [5.41, 5.74) is 4.73. The predicted octanol–water partition coefficient (Wildman–Crippen LogP) is 4.70. The maximum atomic E-state index is 12.7. The van der Waals surface area contributed by atoms with E-state index in [1.165, 1.54) is 6.42 Å². The van der Waals surface area contributed by atoms with Crippen LogP contribution in [0.1, 0.15) is 84.0 Å². The number of hydrogen-bond acceptors (Lipinski definition) is 9. The van der Waals surface area contributed by atoms with Gasteiger partial charge in [0, 0.05) is 50.7 Å². The lowest BCUT2D eigenvalue weighted by Crippen LogP contribution is -2.44. The zero-order valence-corrected chi connectivity index (χ0v) is 28.4. The van der Waals surface area contributed by atoms with Crippen LogP contribution in [-0.4, -0.2) is 86.4 Å². The molecule has 1 N–H and O–H groups in total. The Morgan fingerprint density at radius 3 is 2.85 bits per heavy atom. The fourth-order valence-electron chi connectivity index (χ4n) is 8.95. The smallest absolute Gasteiger partial charge is 0.318 e. The van der Waals surface area contributed by atoms with E-state index in [2.05, 4.69) is 21.8 Å². The van der Waals surface area contributed by atoms with Crippen LogP contribution in [-0.2, 0) is 42.9 Å². The van der Waals surface area contributed by atoms with Gasteiger partial charge in [-0.15, -0.1) is 0 Å². The largest absolute Gasteiger partial charge is 0.508 e. The van der Waals surface area contributed by atoms with Crippen molar-refractivity contribution in [3.8, 4) is 11.8 Å². The molecule has 2 saturated heterocycles. The Hall–Kier alpha value is -3.41. The highest BCUT2D eigenvalue weighted by Gasteiger charge is 2.48. The number of benzene rings is 1. The molecular weight excluding hydrogens is 618 g/mol. The molecule has 1 aliphatic carbocycles. The van der Waals surface area contributed by atoms with Crippen molar-refractivity contribution < 1.29 is 19.4 Å². The van der Waals surface area contributed by atoms with Gasteiger partial charge in [0.25, 0.3) is 5.91 Å². The summed E-state index contributed by atoms with van der Waals surface area (Å²) in [5, 5.41) is 15.8. The molecule has 3 atom stereocenters. The Morgan fingerprint density at radius 1 is 1.13 bits per heavy atom. The number of rotatable bonds is 5. The summed E-state index contributed by atoms with van der Waals surface area (Å²) in [6.45, 7) is 7.55. The molecule has 12 heteroatoms. The molecule has 0 bridgehead atoms. The van der Waals surface area contributed by atoms with Gasteiger partial charge in [-0.1, -0.05) is 18.5 Å². The van der Waals surface area contributed by atoms with Gasteiger partial charge >= 0.3 is 6.01 Å². The Morgan fingerprint density at radius 2 is 2.00 bits per heavy atom.